The van der Waals surface area contributed by atoms with Gasteiger partial charge in [0.25, 0.3) is 0 Å². The summed E-state index contributed by atoms with van der Waals surface area (Å²) in [7, 11) is 0. The Morgan fingerprint density at radius 3 is 1.77 bits per heavy atom. The van der Waals surface area contributed by atoms with Crippen molar-refractivity contribution in [1.29, 1.82) is 0 Å². The first-order valence-corrected chi connectivity index (χ1v) is 10.9. The zero-order valence-electron chi connectivity index (χ0n) is 16.4. The summed E-state index contributed by atoms with van der Waals surface area (Å²) in [6.45, 7) is 0. The molecule has 0 atom stereocenters. The van der Waals surface area contributed by atoms with Gasteiger partial charge in [-0.3, -0.25) is 0 Å². The molecule has 2 nitrogen and oxygen atoms in total. The van der Waals surface area contributed by atoms with E-state index in [1.165, 1.54) is 16.7 Å². The SMILES string of the molecule is c1ccc(-c2ccc(CSc3nnc(-c4ccccc4)c4ccccc34)cc2)cc1. The van der Waals surface area contributed by atoms with E-state index in [0.717, 1.165) is 32.8 Å². The minimum atomic E-state index is 0.860. The Hall–Kier alpha value is -3.43. The van der Waals surface area contributed by atoms with E-state index < -0.39 is 0 Å². The zero-order chi connectivity index (χ0) is 20.2. The molecular weight excluding hydrogens is 384 g/mol. The van der Waals surface area contributed by atoms with Gasteiger partial charge in [-0.2, -0.15) is 0 Å². The van der Waals surface area contributed by atoms with Crippen LogP contribution in [0.15, 0.2) is 114 Å². The van der Waals surface area contributed by atoms with E-state index in [9.17, 15) is 0 Å². The van der Waals surface area contributed by atoms with Gasteiger partial charge in [0.15, 0.2) is 0 Å². The predicted octanol–water partition coefficient (Wildman–Crippen LogP) is 7.26. The summed E-state index contributed by atoms with van der Waals surface area (Å²) in [6, 6.07) is 37.9. The largest absolute Gasteiger partial charge is 0.149 e. The normalized spacial score (nSPS) is 10.9. The molecule has 1 heterocycles. The van der Waals surface area contributed by atoms with Gasteiger partial charge in [0.2, 0.25) is 0 Å². The molecule has 5 aromatic rings. The Kier molecular flexibility index (Phi) is 5.28. The van der Waals surface area contributed by atoms with Crippen LogP contribution >= 0.6 is 11.8 Å². The van der Waals surface area contributed by atoms with Gasteiger partial charge < -0.3 is 0 Å². The summed E-state index contributed by atoms with van der Waals surface area (Å²) in [4.78, 5) is 0. The van der Waals surface area contributed by atoms with Gasteiger partial charge in [-0.15, -0.1) is 10.2 Å². The number of benzene rings is 4. The number of aromatic nitrogens is 2. The summed E-state index contributed by atoms with van der Waals surface area (Å²) >= 11 is 1.73. The Bertz CT molecular complexity index is 1270. The lowest BCUT2D eigenvalue weighted by molar-refractivity contribution is 0.961. The smallest absolute Gasteiger partial charge is 0.127 e. The van der Waals surface area contributed by atoms with Gasteiger partial charge in [0.1, 0.15) is 10.7 Å². The molecule has 144 valence electrons. The molecule has 0 aliphatic rings. The first-order valence-electron chi connectivity index (χ1n) is 9.96. The molecule has 0 spiro atoms. The monoisotopic (exact) mass is 404 g/mol. The second-order valence-electron chi connectivity index (χ2n) is 7.12. The summed E-state index contributed by atoms with van der Waals surface area (Å²) in [5.41, 5.74) is 5.78. The lowest BCUT2D eigenvalue weighted by Gasteiger charge is -2.09. The van der Waals surface area contributed by atoms with Crippen molar-refractivity contribution in [3.63, 3.8) is 0 Å². The molecule has 0 aliphatic heterocycles. The van der Waals surface area contributed by atoms with Crippen LogP contribution < -0.4 is 0 Å². The number of hydrogen-bond acceptors (Lipinski definition) is 3. The molecule has 0 aliphatic carbocycles. The van der Waals surface area contributed by atoms with Gasteiger partial charge in [0.05, 0.1) is 0 Å². The first kappa shape index (κ1) is 18.6. The molecular formula is C27H20N2S. The van der Waals surface area contributed by atoms with Crippen molar-refractivity contribution in [1.82, 2.24) is 10.2 Å². The highest BCUT2D eigenvalue weighted by Gasteiger charge is 2.11. The second-order valence-corrected chi connectivity index (χ2v) is 8.08. The van der Waals surface area contributed by atoms with E-state index in [2.05, 4.69) is 95.1 Å². The fourth-order valence-electron chi connectivity index (χ4n) is 3.57. The van der Waals surface area contributed by atoms with Crippen molar-refractivity contribution < 1.29 is 0 Å². The van der Waals surface area contributed by atoms with Crippen LogP contribution in [0, 0.1) is 0 Å². The average Bonchev–Trinajstić information content (AvgIpc) is 2.84. The molecule has 0 radical (unpaired) electrons. The van der Waals surface area contributed by atoms with Crippen molar-refractivity contribution in [2.45, 2.75) is 10.8 Å². The van der Waals surface area contributed by atoms with E-state index in [1.807, 2.05) is 24.3 Å². The minimum Gasteiger partial charge on any atom is -0.149 e. The number of fused-ring (bicyclic) bond motifs is 1. The van der Waals surface area contributed by atoms with Crippen molar-refractivity contribution in [2.24, 2.45) is 0 Å². The Labute approximate surface area is 180 Å². The van der Waals surface area contributed by atoms with Crippen LogP contribution in [0.5, 0.6) is 0 Å². The topological polar surface area (TPSA) is 25.8 Å². The van der Waals surface area contributed by atoms with E-state index >= 15 is 0 Å². The van der Waals surface area contributed by atoms with Crippen LogP contribution in [0.25, 0.3) is 33.2 Å². The Morgan fingerprint density at radius 1 is 0.500 bits per heavy atom. The van der Waals surface area contributed by atoms with Crippen LogP contribution in [0.4, 0.5) is 0 Å². The highest BCUT2D eigenvalue weighted by atomic mass is 32.2. The molecule has 0 amide bonds. The third-order valence-corrected chi connectivity index (χ3v) is 6.19. The summed E-state index contributed by atoms with van der Waals surface area (Å²) < 4.78 is 0. The van der Waals surface area contributed by atoms with E-state index in [4.69, 9.17) is 0 Å². The Balaban J connectivity index is 1.40. The number of thioether (sulfide) groups is 1. The van der Waals surface area contributed by atoms with Crippen molar-refractivity contribution in [3.05, 3.63) is 115 Å². The molecule has 0 fully saturated rings. The van der Waals surface area contributed by atoms with Crippen LogP contribution in [-0.4, -0.2) is 10.2 Å². The number of hydrogen-bond donors (Lipinski definition) is 0. The third-order valence-electron chi connectivity index (χ3n) is 5.14. The molecule has 0 saturated carbocycles. The van der Waals surface area contributed by atoms with Crippen molar-refractivity contribution in [3.8, 4) is 22.4 Å². The van der Waals surface area contributed by atoms with Crippen LogP contribution in [-0.2, 0) is 5.75 Å². The van der Waals surface area contributed by atoms with Crippen molar-refractivity contribution in [2.75, 3.05) is 0 Å². The maximum atomic E-state index is 4.58. The summed E-state index contributed by atoms with van der Waals surface area (Å²) in [5, 5.41) is 12.4. The quantitative estimate of drug-likeness (QED) is 0.288. The minimum absolute atomic E-state index is 0.860. The van der Waals surface area contributed by atoms with E-state index in [1.54, 1.807) is 11.8 Å². The molecule has 0 bridgehead atoms. The van der Waals surface area contributed by atoms with Crippen LogP contribution in [0.1, 0.15) is 5.56 Å². The molecule has 3 heteroatoms. The lowest BCUT2D eigenvalue weighted by Crippen LogP contribution is -1.94. The molecule has 4 aromatic carbocycles. The van der Waals surface area contributed by atoms with Gasteiger partial charge in [0, 0.05) is 22.1 Å². The zero-order valence-corrected chi connectivity index (χ0v) is 17.2. The van der Waals surface area contributed by atoms with Crippen LogP contribution in [0.2, 0.25) is 0 Å². The number of nitrogens with zero attached hydrogens (tertiary/aromatic N) is 2. The third kappa shape index (κ3) is 3.85. The molecule has 0 saturated heterocycles. The van der Waals surface area contributed by atoms with Gasteiger partial charge in [-0.05, 0) is 16.7 Å². The van der Waals surface area contributed by atoms with Gasteiger partial charge >= 0.3 is 0 Å². The summed E-state index contributed by atoms with van der Waals surface area (Å²) in [6.07, 6.45) is 0. The molecule has 0 unspecified atom stereocenters. The molecule has 1 aromatic heterocycles. The fraction of sp³-hybridized carbons (Fsp3) is 0.0370. The molecule has 0 N–H and O–H groups in total. The highest BCUT2D eigenvalue weighted by Crippen LogP contribution is 2.33. The number of rotatable bonds is 5. The Morgan fingerprint density at radius 2 is 1.07 bits per heavy atom. The van der Waals surface area contributed by atoms with E-state index in [0.29, 0.717) is 0 Å². The first-order chi connectivity index (χ1) is 14.9. The fourth-order valence-corrected chi connectivity index (χ4v) is 4.50. The molecule has 30 heavy (non-hydrogen) atoms. The lowest BCUT2D eigenvalue weighted by atomic mass is 10.0. The second kappa shape index (κ2) is 8.52. The predicted molar refractivity (Wildman–Crippen MR) is 126 cm³/mol. The van der Waals surface area contributed by atoms with Gasteiger partial charge in [-0.25, -0.2) is 0 Å². The maximum absolute atomic E-state index is 4.58. The molecule has 5 rings (SSSR count). The van der Waals surface area contributed by atoms with Crippen molar-refractivity contribution >= 4 is 22.5 Å². The average molecular weight is 405 g/mol. The van der Waals surface area contributed by atoms with Gasteiger partial charge in [-0.1, -0.05) is 121 Å². The van der Waals surface area contributed by atoms with Crippen LogP contribution in [0.3, 0.4) is 0 Å². The standard InChI is InChI=1S/C27H20N2S/c1-3-9-21(10-4-1)22-17-15-20(16-18-22)19-30-27-25-14-8-7-13-24(25)26(28-29-27)23-11-5-2-6-12-23/h1-18H,19H2. The maximum Gasteiger partial charge on any atom is 0.127 e. The van der Waals surface area contributed by atoms with E-state index in [-0.39, 0.29) is 0 Å². The summed E-state index contributed by atoms with van der Waals surface area (Å²) in [5.74, 6) is 0.860. The highest BCUT2D eigenvalue weighted by molar-refractivity contribution is 7.98.